The first-order valence-corrected chi connectivity index (χ1v) is 8.24. The lowest BCUT2D eigenvalue weighted by Gasteiger charge is -2.14. The monoisotopic (exact) mass is 311 g/mol. The van der Waals surface area contributed by atoms with Crippen LogP contribution < -0.4 is 10.9 Å². The fraction of sp³-hybridized carbons (Fsp3) is 0.667. The average molecular weight is 311 g/mol. The Morgan fingerprint density at radius 2 is 2.10 bits per heavy atom. The van der Waals surface area contributed by atoms with Crippen molar-refractivity contribution in [2.75, 3.05) is 6.54 Å². The van der Waals surface area contributed by atoms with E-state index < -0.39 is 0 Å². The molecule has 0 saturated carbocycles. The van der Waals surface area contributed by atoms with Crippen LogP contribution in [0.15, 0.2) is 16.0 Å². The van der Waals surface area contributed by atoms with Crippen LogP contribution in [0, 0.1) is 5.92 Å². The Kier molecular flexibility index (Phi) is 6.95. The van der Waals surface area contributed by atoms with Gasteiger partial charge in [0.2, 0.25) is 5.91 Å². The minimum atomic E-state index is -0.276. The molecule has 1 rings (SSSR count). The van der Waals surface area contributed by atoms with Gasteiger partial charge in [-0.2, -0.15) is 0 Å². The van der Waals surface area contributed by atoms with Crippen molar-refractivity contribution < 1.29 is 4.79 Å². The predicted octanol–water partition coefficient (Wildman–Crippen LogP) is 1.99. The van der Waals surface area contributed by atoms with E-state index in [4.69, 9.17) is 0 Å². The van der Waals surface area contributed by atoms with Crippen molar-refractivity contribution in [1.82, 2.24) is 14.9 Å². The first-order chi connectivity index (χ1) is 9.85. The zero-order valence-corrected chi connectivity index (χ0v) is 14.3. The van der Waals surface area contributed by atoms with Crippen LogP contribution in [0.1, 0.15) is 39.8 Å². The maximum Gasteiger partial charge on any atom is 0.254 e. The highest BCUT2D eigenvalue weighted by atomic mass is 32.2. The number of nitrogens with zero attached hydrogens (tertiary/aromatic N) is 2. The summed E-state index contributed by atoms with van der Waals surface area (Å²) in [6.07, 6.45) is 1.67. The molecule has 1 unspecified atom stereocenters. The number of amides is 1. The van der Waals surface area contributed by atoms with Gasteiger partial charge in [0, 0.05) is 25.4 Å². The van der Waals surface area contributed by atoms with E-state index in [-0.39, 0.29) is 16.7 Å². The van der Waals surface area contributed by atoms with E-state index >= 15 is 0 Å². The molecule has 0 aromatic carbocycles. The van der Waals surface area contributed by atoms with E-state index in [2.05, 4.69) is 24.1 Å². The van der Waals surface area contributed by atoms with Crippen LogP contribution in [0.2, 0.25) is 0 Å². The number of carbonyl (C=O) groups is 1. The van der Waals surface area contributed by atoms with Gasteiger partial charge < -0.3 is 5.32 Å². The van der Waals surface area contributed by atoms with Crippen molar-refractivity contribution in [3.63, 3.8) is 0 Å². The molecule has 1 N–H and O–H groups in total. The van der Waals surface area contributed by atoms with Crippen LogP contribution in [0.3, 0.4) is 0 Å². The van der Waals surface area contributed by atoms with E-state index in [0.29, 0.717) is 24.0 Å². The molecule has 1 atom stereocenters. The van der Waals surface area contributed by atoms with E-state index in [9.17, 15) is 9.59 Å². The topological polar surface area (TPSA) is 64.0 Å². The molecule has 0 fully saturated rings. The van der Waals surface area contributed by atoms with Gasteiger partial charge in [-0.3, -0.25) is 14.2 Å². The zero-order chi connectivity index (χ0) is 16.0. The molecule has 6 heteroatoms. The summed E-state index contributed by atoms with van der Waals surface area (Å²) < 4.78 is 1.49. The molecule has 0 radical (unpaired) electrons. The maximum absolute atomic E-state index is 12.0. The average Bonchev–Trinajstić information content (AvgIpc) is 2.42. The SMILES string of the molecule is CCc1cc(=O)n(C)c(SC(C)C(=O)NCCC(C)C)n1. The van der Waals surface area contributed by atoms with Gasteiger partial charge in [-0.1, -0.05) is 32.5 Å². The highest BCUT2D eigenvalue weighted by Gasteiger charge is 2.17. The molecule has 1 amide bonds. The van der Waals surface area contributed by atoms with Crippen molar-refractivity contribution in [3.8, 4) is 0 Å². The maximum atomic E-state index is 12.0. The second-order valence-corrected chi connectivity index (χ2v) is 6.82. The molecule has 0 bridgehead atoms. The number of carbonyl (C=O) groups excluding carboxylic acids is 1. The van der Waals surface area contributed by atoms with Gasteiger partial charge in [0.05, 0.1) is 5.25 Å². The number of hydrogen-bond donors (Lipinski definition) is 1. The molecule has 1 aromatic rings. The minimum absolute atomic E-state index is 0.0169. The number of aryl methyl sites for hydroxylation is 1. The van der Waals surface area contributed by atoms with E-state index in [0.717, 1.165) is 12.1 Å². The largest absolute Gasteiger partial charge is 0.355 e. The number of thioether (sulfide) groups is 1. The lowest BCUT2D eigenvalue weighted by molar-refractivity contribution is -0.120. The Bertz CT molecular complexity index is 540. The third kappa shape index (κ3) is 5.53. The summed E-state index contributed by atoms with van der Waals surface area (Å²) in [4.78, 5) is 28.3. The molecule has 0 saturated heterocycles. The van der Waals surface area contributed by atoms with Crippen LogP contribution in [-0.4, -0.2) is 27.3 Å². The fourth-order valence-corrected chi connectivity index (χ4v) is 2.61. The van der Waals surface area contributed by atoms with Crippen LogP contribution in [-0.2, 0) is 18.3 Å². The number of aromatic nitrogens is 2. The zero-order valence-electron chi connectivity index (χ0n) is 13.5. The first kappa shape index (κ1) is 17.8. The molecule has 1 heterocycles. The van der Waals surface area contributed by atoms with Crippen LogP contribution in [0.25, 0.3) is 0 Å². The lowest BCUT2D eigenvalue weighted by Crippen LogP contribution is -2.33. The second kappa shape index (κ2) is 8.22. The van der Waals surface area contributed by atoms with Crippen LogP contribution in [0.5, 0.6) is 0 Å². The van der Waals surface area contributed by atoms with Gasteiger partial charge in [-0.05, 0) is 25.7 Å². The summed E-state index contributed by atoms with van der Waals surface area (Å²) >= 11 is 1.32. The van der Waals surface area contributed by atoms with Crippen LogP contribution in [0.4, 0.5) is 0 Å². The number of hydrogen-bond acceptors (Lipinski definition) is 4. The second-order valence-electron chi connectivity index (χ2n) is 5.51. The molecule has 0 aliphatic carbocycles. The first-order valence-electron chi connectivity index (χ1n) is 7.36. The summed E-state index contributed by atoms with van der Waals surface area (Å²) in [5.74, 6) is 0.550. The normalized spacial score (nSPS) is 12.5. The van der Waals surface area contributed by atoms with Gasteiger partial charge in [0.15, 0.2) is 5.16 Å². The molecule has 21 heavy (non-hydrogen) atoms. The smallest absolute Gasteiger partial charge is 0.254 e. The summed E-state index contributed by atoms with van der Waals surface area (Å²) in [6, 6.07) is 1.54. The Morgan fingerprint density at radius 3 is 2.67 bits per heavy atom. The van der Waals surface area contributed by atoms with Gasteiger partial charge >= 0.3 is 0 Å². The summed E-state index contributed by atoms with van der Waals surface area (Å²) in [5.41, 5.74) is 0.671. The standard InChI is InChI=1S/C15H25N3O2S/c1-6-12-9-13(19)18(5)15(17-12)21-11(4)14(20)16-8-7-10(2)3/h9-11H,6-8H2,1-5H3,(H,16,20). The predicted molar refractivity (Wildman–Crippen MR) is 86.6 cm³/mol. The Labute approximate surface area is 130 Å². The van der Waals surface area contributed by atoms with Crippen molar-refractivity contribution in [3.05, 3.63) is 22.1 Å². The summed E-state index contributed by atoms with van der Waals surface area (Å²) in [7, 11) is 1.68. The Morgan fingerprint density at radius 1 is 1.43 bits per heavy atom. The van der Waals surface area contributed by atoms with E-state index in [1.165, 1.54) is 22.4 Å². The highest BCUT2D eigenvalue weighted by molar-refractivity contribution is 8.00. The summed E-state index contributed by atoms with van der Waals surface area (Å²) in [6.45, 7) is 8.72. The molecular weight excluding hydrogens is 286 g/mol. The molecule has 5 nitrogen and oxygen atoms in total. The lowest BCUT2D eigenvalue weighted by atomic mass is 10.1. The third-order valence-corrected chi connectivity index (χ3v) is 4.33. The van der Waals surface area contributed by atoms with Crippen molar-refractivity contribution >= 4 is 17.7 Å². The van der Waals surface area contributed by atoms with Crippen molar-refractivity contribution in [1.29, 1.82) is 0 Å². The quantitative estimate of drug-likeness (QED) is 0.618. The molecule has 118 valence electrons. The molecule has 1 aromatic heterocycles. The van der Waals surface area contributed by atoms with Gasteiger partial charge in [0.1, 0.15) is 0 Å². The molecular formula is C15H25N3O2S. The van der Waals surface area contributed by atoms with Crippen LogP contribution >= 0.6 is 11.8 Å². The number of rotatable bonds is 7. The Balaban J connectivity index is 2.70. The highest BCUT2D eigenvalue weighted by Crippen LogP contribution is 2.20. The van der Waals surface area contributed by atoms with E-state index in [1.54, 1.807) is 7.05 Å². The minimum Gasteiger partial charge on any atom is -0.355 e. The molecule has 0 aliphatic heterocycles. The van der Waals surface area contributed by atoms with E-state index in [1.807, 2.05) is 13.8 Å². The van der Waals surface area contributed by atoms with Crippen molar-refractivity contribution in [2.24, 2.45) is 13.0 Å². The number of nitrogens with one attached hydrogen (secondary N) is 1. The molecule has 0 aliphatic rings. The van der Waals surface area contributed by atoms with Gasteiger partial charge in [-0.15, -0.1) is 0 Å². The van der Waals surface area contributed by atoms with Crippen molar-refractivity contribution in [2.45, 2.75) is 50.9 Å². The van der Waals surface area contributed by atoms with Gasteiger partial charge in [-0.25, -0.2) is 4.98 Å². The third-order valence-electron chi connectivity index (χ3n) is 3.18. The summed E-state index contributed by atoms with van der Waals surface area (Å²) in [5, 5.41) is 3.23. The van der Waals surface area contributed by atoms with Gasteiger partial charge in [0.25, 0.3) is 5.56 Å². The molecule has 0 spiro atoms. The Hall–Kier alpha value is -1.30. The fourth-order valence-electron chi connectivity index (χ4n) is 1.69.